The van der Waals surface area contributed by atoms with E-state index in [1.807, 2.05) is 0 Å². The molecule has 0 saturated carbocycles. The molecule has 0 aromatic rings. The van der Waals surface area contributed by atoms with Crippen LogP contribution in [0.15, 0.2) is 0 Å². The van der Waals surface area contributed by atoms with Gasteiger partial charge in [-0.1, -0.05) is 0 Å². The second-order valence-corrected chi connectivity index (χ2v) is 8.20. The molecule has 0 aliphatic heterocycles. The molecule has 0 fully saturated rings. The molecule has 0 heterocycles. The van der Waals surface area contributed by atoms with Crippen LogP contribution in [0.2, 0.25) is 0 Å². The molecule has 0 aliphatic carbocycles. The molecular weight excluding hydrogens is 326 g/mol. The first kappa shape index (κ1) is 23.2. The molecule has 0 aromatic heterocycles. The highest BCUT2D eigenvalue weighted by Gasteiger charge is 2.32. The molecule has 0 bridgehead atoms. The van der Waals surface area contributed by atoms with E-state index in [4.69, 9.17) is 15.2 Å². The Kier molecular flexibility index (Phi) is 8.44. The number of carbonyl (C=O) groups is 4. The average molecular weight is 357 g/mol. The smallest absolute Gasteiger partial charge is 0.310 e. The Hall–Kier alpha value is -1.76. The van der Waals surface area contributed by atoms with Gasteiger partial charge < -0.3 is 15.2 Å². The topological polar surface area (TPSA) is 113 Å². The molecule has 0 radical (unpaired) electrons. The van der Waals surface area contributed by atoms with Crippen molar-refractivity contribution in [1.82, 2.24) is 0 Å². The van der Waals surface area contributed by atoms with Gasteiger partial charge in [0.2, 0.25) is 0 Å². The Morgan fingerprint density at radius 1 is 0.840 bits per heavy atom. The molecule has 2 N–H and O–H groups in total. The van der Waals surface area contributed by atoms with E-state index in [9.17, 15) is 19.2 Å². The van der Waals surface area contributed by atoms with Crippen LogP contribution < -0.4 is 5.73 Å². The second-order valence-electron chi connectivity index (χ2n) is 8.20. The zero-order chi connectivity index (χ0) is 20.0. The highest BCUT2D eigenvalue weighted by atomic mass is 16.6. The van der Waals surface area contributed by atoms with Crippen molar-refractivity contribution < 1.29 is 28.7 Å². The van der Waals surface area contributed by atoms with Crippen LogP contribution in [0.5, 0.6) is 0 Å². The molecule has 7 nitrogen and oxygen atoms in total. The summed E-state index contributed by atoms with van der Waals surface area (Å²) in [4.78, 5) is 47.7. The van der Waals surface area contributed by atoms with Crippen molar-refractivity contribution in [2.45, 2.75) is 85.0 Å². The lowest BCUT2D eigenvalue weighted by molar-refractivity contribution is -0.168. The van der Waals surface area contributed by atoms with Crippen LogP contribution in [0, 0.1) is 5.92 Å². The summed E-state index contributed by atoms with van der Waals surface area (Å²) in [7, 11) is 0. The molecule has 0 aromatic carbocycles. The summed E-state index contributed by atoms with van der Waals surface area (Å²) in [6, 6.07) is -0.999. The van der Waals surface area contributed by atoms with E-state index in [-0.39, 0.29) is 25.0 Å². The third kappa shape index (κ3) is 11.4. The number of nitrogens with two attached hydrogens (primary N) is 1. The third-order valence-electron chi connectivity index (χ3n) is 2.94. The molecule has 0 spiro atoms. The Bertz CT molecular complexity index is 513. The fourth-order valence-corrected chi connectivity index (χ4v) is 2.03. The van der Waals surface area contributed by atoms with Gasteiger partial charge in [0.05, 0.1) is 18.4 Å². The normalized spacial score (nSPS) is 14.4. The van der Waals surface area contributed by atoms with Crippen molar-refractivity contribution in [2.24, 2.45) is 11.7 Å². The van der Waals surface area contributed by atoms with Crippen molar-refractivity contribution in [2.75, 3.05) is 0 Å². The molecule has 144 valence electrons. The van der Waals surface area contributed by atoms with Crippen molar-refractivity contribution >= 4 is 23.5 Å². The number of carbonyl (C=O) groups excluding carboxylic acids is 4. The summed E-state index contributed by atoms with van der Waals surface area (Å²) in [6.45, 7) is 11.5. The molecular formula is C18H31NO6. The second kappa shape index (κ2) is 9.08. The quantitative estimate of drug-likeness (QED) is 0.660. The largest absolute Gasteiger partial charge is 0.460 e. The predicted molar refractivity (Wildman–Crippen MR) is 92.7 cm³/mol. The van der Waals surface area contributed by atoms with Gasteiger partial charge in [-0.25, -0.2) is 0 Å². The van der Waals surface area contributed by atoms with Crippen molar-refractivity contribution in [3.63, 3.8) is 0 Å². The van der Waals surface area contributed by atoms with Crippen molar-refractivity contribution in [3.8, 4) is 0 Å². The summed E-state index contributed by atoms with van der Waals surface area (Å²) >= 11 is 0. The molecule has 0 amide bonds. The van der Waals surface area contributed by atoms with E-state index in [1.54, 1.807) is 41.5 Å². The highest BCUT2D eigenvalue weighted by molar-refractivity contribution is 5.92. The van der Waals surface area contributed by atoms with Gasteiger partial charge in [0.1, 0.15) is 17.0 Å². The summed E-state index contributed by atoms with van der Waals surface area (Å²) in [5.74, 6) is -2.95. The Morgan fingerprint density at radius 3 is 1.72 bits per heavy atom. The minimum absolute atomic E-state index is 0.105. The first-order valence-corrected chi connectivity index (χ1v) is 8.33. The van der Waals surface area contributed by atoms with E-state index in [0.29, 0.717) is 0 Å². The molecule has 25 heavy (non-hydrogen) atoms. The van der Waals surface area contributed by atoms with Crippen molar-refractivity contribution in [1.29, 1.82) is 0 Å². The predicted octanol–water partition coefficient (Wildman–Crippen LogP) is 1.94. The van der Waals surface area contributed by atoms with Gasteiger partial charge in [-0.3, -0.25) is 19.2 Å². The molecule has 7 heteroatoms. The maximum absolute atomic E-state index is 12.4. The van der Waals surface area contributed by atoms with E-state index in [1.165, 1.54) is 6.92 Å². The lowest BCUT2D eigenvalue weighted by Gasteiger charge is -2.25. The number of esters is 2. The van der Waals surface area contributed by atoms with E-state index >= 15 is 0 Å². The Morgan fingerprint density at radius 2 is 1.32 bits per heavy atom. The number of Topliss-reactive ketones (excluding diaryl/α,β-unsaturated/α-hetero) is 2. The van der Waals surface area contributed by atoms with Crippen LogP contribution >= 0.6 is 0 Å². The number of hydrogen-bond acceptors (Lipinski definition) is 7. The lowest BCUT2D eigenvalue weighted by Crippen LogP contribution is -2.37. The Labute approximate surface area is 149 Å². The van der Waals surface area contributed by atoms with Crippen molar-refractivity contribution in [3.05, 3.63) is 0 Å². The van der Waals surface area contributed by atoms with Gasteiger partial charge >= 0.3 is 11.9 Å². The van der Waals surface area contributed by atoms with Crippen LogP contribution in [-0.2, 0) is 28.7 Å². The number of hydrogen-bond donors (Lipinski definition) is 1. The zero-order valence-electron chi connectivity index (χ0n) is 16.3. The van der Waals surface area contributed by atoms with Gasteiger partial charge in [-0.05, 0) is 48.5 Å². The van der Waals surface area contributed by atoms with Crippen LogP contribution in [0.3, 0.4) is 0 Å². The van der Waals surface area contributed by atoms with Gasteiger partial charge in [0.15, 0.2) is 5.78 Å². The number of rotatable bonds is 8. The summed E-state index contributed by atoms with van der Waals surface area (Å²) in [5.41, 5.74) is 4.23. The van der Waals surface area contributed by atoms with Crippen LogP contribution in [0.25, 0.3) is 0 Å². The average Bonchev–Trinajstić information content (AvgIpc) is 2.32. The SMILES string of the molecule is CC(=O)C[C@H](N)C(=O)C[C@@H](CC(=O)OC(C)(C)C)C(=O)OC(C)(C)C. The summed E-state index contributed by atoms with van der Waals surface area (Å²) in [5, 5.41) is 0. The fourth-order valence-electron chi connectivity index (χ4n) is 2.03. The zero-order valence-corrected chi connectivity index (χ0v) is 16.3. The maximum atomic E-state index is 12.4. The van der Waals surface area contributed by atoms with Gasteiger partial charge in [0, 0.05) is 12.8 Å². The molecule has 0 aliphatic rings. The fraction of sp³-hybridized carbons (Fsp3) is 0.778. The molecule has 0 unspecified atom stereocenters. The Balaban J connectivity index is 5.13. The first-order chi connectivity index (χ1) is 11.1. The van der Waals surface area contributed by atoms with Crippen LogP contribution in [0.1, 0.15) is 67.7 Å². The van der Waals surface area contributed by atoms with Gasteiger partial charge in [0.25, 0.3) is 0 Å². The van der Waals surface area contributed by atoms with Gasteiger partial charge in [-0.15, -0.1) is 0 Å². The van der Waals surface area contributed by atoms with E-state index < -0.39 is 40.9 Å². The lowest BCUT2D eigenvalue weighted by atomic mass is 9.93. The maximum Gasteiger partial charge on any atom is 0.310 e. The first-order valence-electron chi connectivity index (χ1n) is 8.33. The van der Waals surface area contributed by atoms with E-state index in [2.05, 4.69) is 0 Å². The summed E-state index contributed by atoms with van der Waals surface area (Å²) in [6.07, 6.45) is -0.667. The minimum atomic E-state index is -1.00. The number of ether oxygens (including phenoxy) is 2. The third-order valence-corrected chi connectivity index (χ3v) is 2.94. The molecule has 2 atom stereocenters. The monoisotopic (exact) mass is 357 g/mol. The van der Waals surface area contributed by atoms with Crippen LogP contribution in [-0.4, -0.2) is 40.7 Å². The number of ketones is 2. The minimum Gasteiger partial charge on any atom is -0.460 e. The molecule has 0 rings (SSSR count). The van der Waals surface area contributed by atoms with E-state index in [0.717, 1.165) is 0 Å². The van der Waals surface area contributed by atoms with Crippen LogP contribution in [0.4, 0.5) is 0 Å². The molecule has 0 saturated heterocycles. The van der Waals surface area contributed by atoms with Gasteiger partial charge in [-0.2, -0.15) is 0 Å². The summed E-state index contributed by atoms with van der Waals surface area (Å²) < 4.78 is 10.5. The standard InChI is InChI=1S/C18H31NO6/c1-11(20)8-13(19)14(21)9-12(16(23)25-18(5,6)7)10-15(22)24-17(2,3)4/h12-13H,8-10,19H2,1-7H3/t12-,13-/m0/s1. The highest BCUT2D eigenvalue weighted by Crippen LogP contribution is 2.20.